The molecule has 1 heteroatoms. The first kappa shape index (κ1) is 14.9. The van der Waals surface area contributed by atoms with E-state index >= 15 is 0 Å². The Labute approximate surface area is 133 Å². The van der Waals surface area contributed by atoms with Crippen molar-refractivity contribution in [3.8, 4) is 5.75 Å². The summed E-state index contributed by atoms with van der Waals surface area (Å²) in [5.74, 6) is 1.53. The van der Waals surface area contributed by atoms with Crippen LogP contribution in [0.4, 0.5) is 0 Å². The Hall–Kier alpha value is -2.02. The summed E-state index contributed by atoms with van der Waals surface area (Å²) in [6.45, 7) is 2.17. The smallest absolute Gasteiger partial charge is 0.115 e. The molecule has 0 heterocycles. The standard InChI is InChI=1S/C21H19O/c1-2-20(16-12-14-19(22)15-13-16)21(18-10-6-7-11-18)17-8-4-3-5-9-17/h3-15,22H,2H2,1H3/b21-20-. The van der Waals surface area contributed by atoms with Gasteiger partial charge in [0.15, 0.2) is 0 Å². The molecule has 0 unspecified atom stereocenters. The summed E-state index contributed by atoms with van der Waals surface area (Å²) in [6.07, 6.45) is 9.38. The molecule has 0 aromatic heterocycles. The van der Waals surface area contributed by atoms with Gasteiger partial charge in [-0.25, -0.2) is 0 Å². The predicted octanol–water partition coefficient (Wildman–Crippen LogP) is 5.12. The summed E-state index contributed by atoms with van der Waals surface area (Å²) < 4.78 is 0. The molecule has 1 fully saturated rings. The maximum absolute atomic E-state index is 9.53. The molecule has 1 N–H and O–H groups in total. The number of hydrogen-bond acceptors (Lipinski definition) is 1. The highest BCUT2D eigenvalue weighted by atomic mass is 16.3. The molecule has 2 aromatic carbocycles. The summed E-state index contributed by atoms with van der Waals surface area (Å²) in [5.41, 5.74) is 4.93. The van der Waals surface area contributed by atoms with Crippen LogP contribution in [-0.4, -0.2) is 5.11 Å². The number of rotatable bonds is 4. The number of aromatic hydroxyl groups is 1. The van der Waals surface area contributed by atoms with Gasteiger partial charge >= 0.3 is 0 Å². The highest BCUT2D eigenvalue weighted by Crippen LogP contribution is 2.42. The Balaban J connectivity index is 2.13. The fourth-order valence-corrected chi connectivity index (χ4v) is 2.85. The summed E-state index contributed by atoms with van der Waals surface area (Å²) in [6, 6.07) is 18.0. The molecule has 0 bridgehead atoms. The quantitative estimate of drug-likeness (QED) is 0.774. The van der Waals surface area contributed by atoms with Crippen molar-refractivity contribution >= 4 is 11.1 Å². The molecule has 0 aliphatic heterocycles. The molecule has 3 rings (SSSR count). The molecule has 1 aliphatic rings. The summed E-state index contributed by atoms with van der Waals surface area (Å²) in [7, 11) is 0. The number of allylic oxidation sites excluding steroid dienone is 2. The number of phenolic OH excluding ortho intramolecular Hbond substituents is 1. The van der Waals surface area contributed by atoms with Crippen LogP contribution in [0.3, 0.4) is 0 Å². The van der Waals surface area contributed by atoms with E-state index in [1.54, 1.807) is 12.1 Å². The van der Waals surface area contributed by atoms with Crippen LogP contribution in [0.1, 0.15) is 24.5 Å². The van der Waals surface area contributed by atoms with Crippen LogP contribution in [0.15, 0.2) is 54.6 Å². The van der Waals surface area contributed by atoms with E-state index in [9.17, 15) is 5.11 Å². The number of phenols is 1. The SMILES string of the molecule is CC/C(=C(/[C]1[CH][CH][CH][CH]1)c1ccccc1)c1ccc(O)cc1. The third-order valence-corrected chi connectivity index (χ3v) is 3.88. The van der Waals surface area contributed by atoms with Crippen LogP contribution in [0, 0.1) is 31.6 Å². The lowest BCUT2D eigenvalue weighted by atomic mass is 9.84. The Morgan fingerprint density at radius 3 is 2.05 bits per heavy atom. The van der Waals surface area contributed by atoms with E-state index in [-0.39, 0.29) is 0 Å². The van der Waals surface area contributed by atoms with Gasteiger partial charge in [0, 0.05) is 5.92 Å². The third kappa shape index (κ3) is 3.09. The molecular weight excluding hydrogens is 268 g/mol. The van der Waals surface area contributed by atoms with Crippen LogP contribution in [0.5, 0.6) is 5.75 Å². The highest BCUT2D eigenvalue weighted by Gasteiger charge is 2.25. The van der Waals surface area contributed by atoms with Gasteiger partial charge in [0.05, 0.1) is 0 Å². The van der Waals surface area contributed by atoms with Gasteiger partial charge in [-0.2, -0.15) is 0 Å². The van der Waals surface area contributed by atoms with Crippen LogP contribution in [0.25, 0.3) is 11.1 Å². The lowest BCUT2D eigenvalue weighted by Gasteiger charge is -2.20. The molecule has 22 heavy (non-hydrogen) atoms. The summed E-state index contributed by atoms with van der Waals surface area (Å²) >= 11 is 0. The largest absolute Gasteiger partial charge is 0.508 e. The fourth-order valence-electron chi connectivity index (χ4n) is 2.85. The first-order valence-electron chi connectivity index (χ1n) is 7.59. The lowest BCUT2D eigenvalue weighted by Crippen LogP contribution is -2.01. The molecular formula is C21H19O. The molecule has 0 saturated heterocycles. The second kappa shape index (κ2) is 6.83. The van der Waals surface area contributed by atoms with E-state index in [2.05, 4.69) is 56.9 Å². The number of hydrogen-bond donors (Lipinski definition) is 1. The molecule has 0 atom stereocenters. The second-order valence-corrected chi connectivity index (χ2v) is 5.29. The Morgan fingerprint density at radius 2 is 1.45 bits per heavy atom. The monoisotopic (exact) mass is 287 g/mol. The molecule has 0 spiro atoms. The fraction of sp³-hybridized carbons (Fsp3) is 0.0952. The normalized spacial score (nSPS) is 16.6. The van der Waals surface area contributed by atoms with Crippen LogP contribution >= 0.6 is 0 Å². The average Bonchev–Trinajstić information content (AvgIpc) is 3.08. The van der Waals surface area contributed by atoms with E-state index in [1.807, 2.05) is 18.2 Å². The summed E-state index contributed by atoms with van der Waals surface area (Å²) in [5, 5.41) is 9.53. The molecule has 1 aliphatic carbocycles. The predicted molar refractivity (Wildman–Crippen MR) is 92.1 cm³/mol. The Morgan fingerprint density at radius 1 is 0.818 bits per heavy atom. The average molecular weight is 287 g/mol. The van der Waals surface area contributed by atoms with E-state index < -0.39 is 0 Å². The van der Waals surface area contributed by atoms with Gasteiger partial charge in [0.25, 0.3) is 0 Å². The zero-order valence-corrected chi connectivity index (χ0v) is 12.7. The minimum atomic E-state index is 0.300. The zero-order valence-electron chi connectivity index (χ0n) is 12.7. The molecule has 1 nitrogen and oxygen atoms in total. The molecule has 0 amide bonds. The Kier molecular flexibility index (Phi) is 4.62. The minimum absolute atomic E-state index is 0.300. The van der Waals surface area contributed by atoms with Gasteiger partial charge in [-0.05, 0) is 66.5 Å². The van der Waals surface area contributed by atoms with Crippen molar-refractivity contribution in [1.82, 2.24) is 0 Å². The zero-order chi connectivity index (χ0) is 15.4. The first-order valence-corrected chi connectivity index (χ1v) is 7.59. The maximum Gasteiger partial charge on any atom is 0.115 e. The van der Waals surface area contributed by atoms with Gasteiger partial charge in [-0.1, -0.05) is 49.4 Å². The van der Waals surface area contributed by atoms with Crippen LogP contribution in [0.2, 0.25) is 0 Å². The van der Waals surface area contributed by atoms with Crippen molar-refractivity contribution < 1.29 is 5.11 Å². The van der Waals surface area contributed by atoms with Crippen molar-refractivity contribution in [2.75, 3.05) is 0 Å². The Bertz CT molecular complexity index is 631. The second-order valence-electron chi connectivity index (χ2n) is 5.29. The highest BCUT2D eigenvalue weighted by molar-refractivity contribution is 5.99. The van der Waals surface area contributed by atoms with Crippen molar-refractivity contribution in [1.29, 1.82) is 0 Å². The van der Waals surface area contributed by atoms with E-state index in [4.69, 9.17) is 0 Å². The van der Waals surface area contributed by atoms with Crippen molar-refractivity contribution in [3.05, 3.63) is 97.3 Å². The molecule has 1 saturated carbocycles. The van der Waals surface area contributed by atoms with Crippen molar-refractivity contribution in [3.63, 3.8) is 0 Å². The van der Waals surface area contributed by atoms with Crippen LogP contribution in [-0.2, 0) is 0 Å². The van der Waals surface area contributed by atoms with Gasteiger partial charge in [0.2, 0.25) is 0 Å². The summed E-state index contributed by atoms with van der Waals surface area (Å²) in [4.78, 5) is 0. The molecule has 5 radical (unpaired) electrons. The van der Waals surface area contributed by atoms with Gasteiger partial charge in [-0.3, -0.25) is 0 Å². The van der Waals surface area contributed by atoms with E-state index in [0.717, 1.165) is 12.0 Å². The van der Waals surface area contributed by atoms with Crippen molar-refractivity contribution in [2.45, 2.75) is 13.3 Å². The van der Waals surface area contributed by atoms with Gasteiger partial charge < -0.3 is 5.11 Å². The topological polar surface area (TPSA) is 20.2 Å². The third-order valence-electron chi connectivity index (χ3n) is 3.88. The van der Waals surface area contributed by atoms with Gasteiger partial charge in [-0.15, -0.1) is 0 Å². The van der Waals surface area contributed by atoms with Crippen LogP contribution < -0.4 is 0 Å². The number of benzene rings is 2. The minimum Gasteiger partial charge on any atom is -0.508 e. The van der Waals surface area contributed by atoms with Crippen molar-refractivity contribution in [2.24, 2.45) is 0 Å². The van der Waals surface area contributed by atoms with Gasteiger partial charge in [0.1, 0.15) is 5.75 Å². The first-order chi connectivity index (χ1) is 10.8. The molecule has 109 valence electrons. The maximum atomic E-state index is 9.53. The van der Waals surface area contributed by atoms with E-state index in [0.29, 0.717) is 5.75 Å². The molecule has 2 aromatic rings. The van der Waals surface area contributed by atoms with E-state index in [1.165, 1.54) is 22.6 Å². The lowest BCUT2D eigenvalue weighted by molar-refractivity contribution is 0.475.